The minimum absolute atomic E-state index is 0.555. The second-order valence-electron chi connectivity index (χ2n) is 4.81. The smallest absolute Gasteiger partial charge is 0.405 e. The van der Waals surface area contributed by atoms with E-state index in [9.17, 15) is 27.6 Å². The first-order valence-electron chi connectivity index (χ1n) is 7.08. The van der Waals surface area contributed by atoms with E-state index in [0.29, 0.717) is 5.01 Å². The Hall–Kier alpha value is -2.95. The third-order valence-corrected chi connectivity index (χ3v) is 3.72. The summed E-state index contributed by atoms with van der Waals surface area (Å²) >= 11 is 1.35. The Bertz CT molecular complexity index is 815. The van der Waals surface area contributed by atoms with Crippen LogP contribution in [0.2, 0.25) is 0 Å². The Kier molecular flexibility index (Phi) is 6.28. The topological polar surface area (TPSA) is 97.4 Å². The van der Waals surface area contributed by atoms with E-state index in [1.165, 1.54) is 22.7 Å². The molecule has 0 saturated heterocycles. The highest BCUT2D eigenvalue weighted by atomic mass is 32.1. The van der Waals surface area contributed by atoms with Crippen molar-refractivity contribution in [3.8, 4) is 0 Å². The predicted octanol–water partition coefficient (Wildman–Crippen LogP) is 2.24. The maximum absolute atomic E-state index is 11.9. The average Bonchev–Trinajstić information content (AvgIpc) is 2.98. The van der Waals surface area contributed by atoms with E-state index < -0.39 is 37.2 Å². The summed E-state index contributed by atoms with van der Waals surface area (Å²) in [5, 5.41) is 3.60. The van der Waals surface area contributed by atoms with Gasteiger partial charge in [0.25, 0.3) is 5.91 Å². The number of esters is 1. The highest BCUT2D eigenvalue weighted by molar-refractivity contribution is 7.19. The number of halogens is 3. The normalized spacial score (nSPS) is 11.5. The van der Waals surface area contributed by atoms with E-state index in [1.807, 2.05) is 24.3 Å². The molecule has 1 aromatic heterocycles. The Morgan fingerprint density at radius 1 is 1.23 bits per heavy atom. The Morgan fingerprint density at radius 2 is 1.96 bits per heavy atom. The number of carbonyl (C=O) groups excluding carboxylic acids is 3. The van der Waals surface area contributed by atoms with E-state index in [0.717, 1.165) is 16.3 Å². The SMILES string of the molecule is O=C(COC(=O)/C=C/c1nc2ccccc2s1)NC(=O)NCC(F)(F)F. The van der Waals surface area contributed by atoms with Gasteiger partial charge in [-0.15, -0.1) is 11.3 Å². The number of fused-ring (bicyclic) bond motifs is 1. The number of amides is 3. The number of ether oxygens (including phenoxy) is 1. The van der Waals surface area contributed by atoms with Crippen LogP contribution >= 0.6 is 11.3 Å². The summed E-state index contributed by atoms with van der Waals surface area (Å²) in [5.74, 6) is -1.93. The van der Waals surface area contributed by atoms with Crippen molar-refractivity contribution in [1.82, 2.24) is 15.6 Å². The van der Waals surface area contributed by atoms with Gasteiger partial charge in [-0.25, -0.2) is 14.6 Å². The summed E-state index contributed by atoms with van der Waals surface area (Å²) in [7, 11) is 0. The standard InChI is InChI=1S/C15H12F3N3O4S/c16-15(17,18)8-19-14(24)21-11(22)7-25-13(23)6-5-12-20-9-3-1-2-4-10(9)26-12/h1-6H,7-8H2,(H2,19,21,22,24)/b6-5+. The Morgan fingerprint density at radius 3 is 2.65 bits per heavy atom. The van der Waals surface area contributed by atoms with Crippen LogP contribution in [0.3, 0.4) is 0 Å². The highest BCUT2D eigenvalue weighted by Crippen LogP contribution is 2.22. The number of nitrogens with one attached hydrogen (secondary N) is 2. The monoisotopic (exact) mass is 387 g/mol. The van der Waals surface area contributed by atoms with Crippen molar-refractivity contribution in [2.75, 3.05) is 13.2 Å². The second kappa shape index (κ2) is 8.43. The van der Waals surface area contributed by atoms with Crippen molar-refractivity contribution in [3.63, 3.8) is 0 Å². The number of nitrogens with zero attached hydrogens (tertiary/aromatic N) is 1. The van der Waals surface area contributed by atoms with Gasteiger partial charge in [0.15, 0.2) is 6.61 Å². The molecule has 0 spiro atoms. The predicted molar refractivity (Wildman–Crippen MR) is 87.2 cm³/mol. The van der Waals surface area contributed by atoms with E-state index in [-0.39, 0.29) is 0 Å². The van der Waals surface area contributed by atoms with Crippen LogP contribution in [-0.4, -0.2) is 42.2 Å². The molecule has 0 atom stereocenters. The number of imide groups is 1. The van der Waals surface area contributed by atoms with Crippen molar-refractivity contribution < 1.29 is 32.3 Å². The maximum atomic E-state index is 11.9. The average molecular weight is 387 g/mol. The molecular weight excluding hydrogens is 375 g/mol. The van der Waals surface area contributed by atoms with Crippen LogP contribution < -0.4 is 10.6 Å². The molecule has 26 heavy (non-hydrogen) atoms. The maximum Gasteiger partial charge on any atom is 0.405 e. The molecule has 0 radical (unpaired) electrons. The summed E-state index contributed by atoms with van der Waals surface area (Å²) in [4.78, 5) is 38.1. The van der Waals surface area contributed by atoms with Gasteiger partial charge in [-0.1, -0.05) is 12.1 Å². The fourth-order valence-corrected chi connectivity index (χ4v) is 2.54. The molecule has 0 aliphatic rings. The number of para-hydroxylation sites is 1. The van der Waals surface area contributed by atoms with Gasteiger partial charge in [-0.05, 0) is 18.2 Å². The van der Waals surface area contributed by atoms with Crippen LogP contribution in [-0.2, 0) is 14.3 Å². The Labute approximate surface area is 148 Å². The quantitative estimate of drug-likeness (QED) is 0.606. The molecule has 0 aliphatic heterocycles. The van der Waals surface area contributed by atoms with Gasteiger partial charge >= 0.3 is 18.2 Å². The van der Waals surface area contributed by atoms with Crippen molar-refractivity contribution in [2.24, 2.45) is 0 Å². The summed E-state index contributed by atoms with van der Waals surface area (Å²) in [6.07, 6.45) is -2.14. The van der Waals surface area contributed by atoms with Gasteiger partial charge in [0.05, 0.1) is 10.2 Å². The van der Waals surface area contributed by atoms with E-state index in [4.69, 9.17) is 0 Å². The molecule has 1 aromatic carbocycles. The lowest BCUT2D eigenvalue weighted by atomic mass is 10.3. The van der Waals surface area contributed by atoms with Crippen LogP contribution in [0.1, 0.15) is 5.01 Å². The molecule has 0 aliphatic carbocycles. The van der Waals surface area contributed by atoms with E-state index in [1.54, 1.807) is 5.32 Å². The highest BCUT2D eigenvalue weighted by Gasteiger charge is 2.28. The van der Waals surface area contributed by atoms with E-state index >= 15 is 0 Å². The number of thiazole rings is 1. The number of alkyl halides is 3. The van der Waals surface area contributed by atoms with Crippen LogP contribution in [0.25, 0.3) is 16.3 Å². The summed E-state index contributed by atoms with van der Waals surface area (Å²) in [5.41, 5.74) is 0.773. The first-order valence-corrected chi connectivity index (χ1v) is 7.89. The molecule has 3 amide bonds. The van der Waals surface area contributed by atoms with Crippen LogP contribution in [0.15, 0.2) is 30.3 Å². The van der Waals surface area contributed by atoms with Crippen molar-refractivity contribution >= 4 is 45.5 Å². The molecule has 0 fully saturated rings. The number of benzene rings is 1. The van der Waals surface area contributed by atoms with Gasteiger partial charge in [0.1, 0.15) is 11.6 Å². The first-order chi connectivity index (χ1) is 12.2. The van der Waals surface area contributed by atoms with Crippen molar-refractivity contribution in [2.45, 2.75) is 6.18 Å². The second-order valence-corrected chi connectivity index (χ2v) is 5.87. The van der Waals surface area contributed by atoms with Gasteiger partial charge in [0, 0.05) is 6.08 Å². The largest absolute Gasteiger partial charge is 0.452 e. The molecule has 1 heterocycles. The fourth-order valence-electron chi connectivity index (χ4n) is 1.67. The number of urea groups is 1. The fraction of sp³-hybridized carbons (Fsp3) is 0.200. The van der Waals surface area contributed by atoms with Crippen LogP contribution in [0.5, 0.6) is 0 Å². The van der Waals surface area contributed by atoms with Crippen molar-refractivity contribution in [1.29, 1.82) is 0 Å². The number of hydrogen-bond acceptors (Lipinski definition) is 6. The summed E-state index contributed by atoms with van der Waals surface area (Å²) in [6.45, 7) is -2.40. The zero-order chi connectivity index (χ0) is 19.2. The van der Waals surface area contributed by atoms with Gasteiger partial charge in [-0.2, -0.15) is 13.2 Å². The third-order valence-electron chi connectivity index (χ3n) is 2.72. The molecule has 138 valence electrons. The molecule has 0 unspecified atom stereocenters. The number of aromatic nitrogens is 1. The number of rotatable bonds is 5. The molecule has 0 bridgehead atoms. The van der Waals surface area contributed by atoms with E-state index in [2.05, 4.69) is 9.72 Å². The van der Waals surface area contributed by atoms with Crippen molar-refractivity contribution in [3.05, 3.63) is 35.3 Å². The zero-order valence-corrected chi connectivity index (χ0v) is 13.8. The molecule has 7 nitrogen and oxygen atoms in total. The lowest BCUT2D eigenvalue weighted by molar-refractivity contribution is -0.143. The van der Waals surface area contributed by atoms with Crippen LogP contribution in [0.4, 0.5) is 18.0 Å². The number of carbonyl (C=O) groups is 3. The van der Waals surface area contributed by atoms with Gasteiger partial charge < -0.3 is 10.1 Å². The third kappa shape index (κ3) is 6.51. The molecule has 0 saturated carbocycles. The molecule has 2 rings (SSSR count). The molecular formula is C15H12F3N3O4S. The molecule has 2 aromatic rings. The first kappa shape index (κ1) is 19.4. The zero-order valence-electron chi connectivity index (χ0n) is 13.0. The molecule has 2 N–H and O–H groups in total. The minimum atomic E-state index is -4.60. The lowest BCUT2D eigenvalue weighted by Crippen LogP contribution is -2.44. The van der Waals surface area contributed by atoms with Crippen LogP contribution in [0, 0.1) is 0 Å². The Balaban J connectivity index is 1.75. The minimum Gasteiger partial charge on any atom is -0.452 e. The van der Waals surface area contributed by atoms with Gasteiger partial charge in [-0.3, -0.25) is 10.1 Å². The van der Waals surface area contributed by atoms with Gasteiger partial charge in [0.2, 0.25) is 0 Å². The number of hydrogen-bond donors (Lipinski definition) is 2. The summed E-state index contributed by atoms with van der Waals surface area (Å²) in [6, 6.07) is 6.03. The summed E-state index contributed by atoms with van der Waals surface area (Å²) < 4.78 is 41.2. The lowest BCUT2D eigenvalue weighted by Gasteiger charge is -2.08. The molecule has 11 heteroatoms.